The molecular formula is C11H13IN2. The highest BCUT2D eigenvalue weighted by Gasteiger charge is 2.15. The molecule has 2 nitrogen and oxygen atoms in total. The molecule has 0 spiro atoms. The van der Waals surface area contributed by atoms with Crippen molar-refractivity contribution >= 4 is 28.3 Å². The van der Waals surface area contributed by atoms with Gasteiger partial charge in [-0.1, -0.05) is 12.1 Å². The van der Waals surface area contributed by atoms with Crippen molar-refractivity contribution in [2.45, 2.75) is 6.42 Å². The Morgan fingerprint density at radius 2 is 2.14 bits per heavy atom. The SMILES string of the molecule is CN(C)N1C=CCc2c(I)cccc21. The van der Waals surface area contributed by atoms with Crippen LogP contribution < -0.4 is 5.01 Å². The summed E-state index contributed by atoms with van der Waals surface area (Å²) in [6.07, 6.45) is 5.36. The zero-order chi connectivity index (χ0) is 10.1. The normalized spacial score (nSPS) is 14.7. The topological polar surface area (TPSA) is 6.48 Å². The molecule has 1 aromatic rings. The van der Waals surface area contributed by atoms with Crippen molar-refractivity contribution in [3.63, 3.8) is 0 Å². The minimum Gasteiger partial charge on any atom is -0.282 e. The van der Waals surface area contributed by atoms with Crippen molar-refractivity contribution in [3.8, 4) is 0 Å². The highest BCUT2D eigenvalue weighted by Crippen LogP contribution is 2.29. The lowest BCUT2D eigenvalue weighted by Crippen LogP contribution is -2.34. The van der Waals surface area contributed by atoms with E-state index in [0.29, 0.717) is 0 Å². The largest absolute Gasteiger partial charge is 0.282 e. The predicted molar refractivity (Wildman–Crippen MR) is 68.2 cm³/mol. The first-order valence-corrected chi connectivity index (χ1v) is 5.68. The molecule has 0 N–H and O–H groups in total. The fourth-order valence-corrected chi connectivity index (χ4v) is 2.37. The van der Waals surface area contributed by atoms with E-state index in [4.69, 9.17) is 0 Å². The summed E-state index contributed by atoms with van der Waals surface area (Å²) in [6.45, 7) is 0. The number of rotatable bonds is 1. The first-order valence-electron chi connectivity index (χ1n) is 4.60. The van der Waals surface area contributed by atoms with Gasteiger partial charge in [-0.3, -0.25) is 5.01 Å². The van der Waals surface area contributed by atoms with Crippen molar-refractivity contribution in [2.75, 3.05) is 19.1 Å². The third kappa shape index (κ3) is 1.66. The van der Waals surface area contributed by atoms with Crippen molar-refractivity contribution in [1.82, 2.24) is 5.01 Å². The van der Waals surface area contributed by atoms with Gasteiger partial charge >= 0.3 is 0 Å². The molecule has 0 radical (unpaired) electrons. The van der Waals surface area contributed by atoms with E-state index in [-0.39, 0.29) is 0 Å². The maximum Gasteiger partial charge on any atom is 0.0618 e. The van der Waals surface area contributed by atoms with E-state index in [1.807, 2.05) is 0 Å². The quantitative estimate of drug-likeness (QED) is 0.736. The van der Waals surface area contributed by atoms with Gasteiger partial charge in [0.2, 0.25) is 0 Å². The maximum atomic E-state index is 2.40. The number of halogens is 1. The first kappa shape index (κ1) is 9.98. The molecule has 0 saturated carbocycles. The zero-order valence-electron chi connectivity index (χ0n) is 8.37. The molecule has 74 valence electrons. The third-order valence-corrected chi connectivity index (χ3v) is 3.35. The predicted octanol–water partition coefficient (Wildman–Crippen LogP) is 2.64. The van der Waals surface area contributed by atoms with Crippen LogP contribution in [0.4, 0.5) is 5.69 Å². The van der Waals surface area contributed by atoms with Crippen molar-refractivity contribution in [2.24, 2.45) is 0 Å². The van der Waals surface area contributed by atoms with Crippen LogP contribution in [0.5, 0.6) is 0 Å². The Morgan fingerprint density at radius 1 is 1.36 bits per heavy atom. The second-order valence-corrected chi connectivity index (χ2v) is 4.68. The van der Waals surface area contributed by atoms with Crippen LogP contribution in [0.25, 0.3) is 0 Å². The molecule has 0 aromatic heterocycles. The lowest BCUT2D eigenvalue weighted by atomic mass is 10.1. The number of fused-ring (bicyclic) bond motifs is 1. The standard InChI is InChI=1S/C11H13IN2/c1-13(2)14-8-4-5-9-10(12)6-3-7-11(9)14/h3-4,6-8H,5H2,1-2H3. The maximum absolute atomic E-state index is 2.40. The smallest absolute Gasteiger partial charge is 0.0618 e. The van der Waals surface area contributed by atoms with E-state index in [2.05, 4.69) is 77.2 Å². The second kappa shape index (κ2) is 3.90. The van der Waals surface area contributed by atoms with Crippen molar-refractivity contribution in [3.05, 3.63) is 39.6 Å². The van der Waals surface area contributed by atoms with Gasteiger partial charge in [-0.15, -0.1) is 0 Å². The molecule has 1 aliphatic heterocycles. The summed E-state index contributed by atoms with van der Waals surface area (Å²) in [7, 11) is 4.11. The van der Waals surface area contributed by atoms with Crippen LogP contribution in [0.3, 0.4) is 0 Å². The lowest BCUT2D eigenvalue weighted by Gasteiger charge is -2.32. The molecule has 0 saturated heterocycles. The summed E-state index contributed by atoms with van der Waals surface area (Å²) >= 11 is 2.40. The number of hydrogen-bond donors (Lipinski definition) is 0. The highest BCUT2D eigenvalue weighted by molar-refractivity contribution is 14.1. The van der Waals surface area contributed by atoms with Gasteiger partial charge in [0, 0.05) is 23.9 Å². The number of hydrazine groups is 1. The Morgan fingerprint density at radius 3 is 2.86 bits per heavy atom. The Hall–Kier alpha value is -0.550. The number of hydrogen-bond acceptors (Lipinski definition) is 2. The van der Waals surface area contributed by atoms with Crippen LogP contribution in [0.1, 0.15) is 5.56 Å². The Bertz CT molecular complexity index is 372. The van der Waals surface area contributed by atoms with Gasteiger partial charge in [0.15, 0.2) is 0 Å². The molecule has 0 amide bonds. The van der Waals surface area contributed by atoms with Gasteiger partial charge in [-0.25, -0.2) is 5.01 Å². The van der Waals surface area contributed by atoms with Gasteiger partial charge in [-0.2, -0.15) is 0 Å². The van der Waals surface area contributed by atoms with Gasteiger partial charge in [0.1, 0.15) is 0 Å². The number of benzene rings is 1. The Labute approximate surface area is 98.3 Å². The number of anilines is 1. The van der Waals surface area contributed by atoms with Gasteiger partial charge in [0.05, 0.1) is 5.69 Å². The molecule has 1 aromatic carbocycles. The molecule has 0 aliphatic carbocycles. The fraction of sp³-hybridized carbons (Fsp3) is 0.273. The van der Waals surface area contributed by atoms with Gasteiger partial charge < -0.3 is 0 Å². The van der Waals surface area contributed by atoms with E-state index in [9.17, 15) is 0 Å². The summed E-state index contributed by atoms with van der Waals surface area (Å²) < 4.78 is 1.34. The van der Waals surface area contributed by atoms with Gasteiger partial charge in [0.25, 0.3) is 0 Å². The van der Waals surface area contributed by atoms with Crippen LogP contribution in [0, 0.1) is 3.57 Å². The van der Waals surface area contributed by atoms with Crippen LogP contribution in [0.2, 0.25) is 0 Å². The number of allylic oxidation sites excluding steroid dienone is 1. The summed E-state index contributed by atoms with van der Waals surface area (Å²) in [5, 5.41) is 4.26. The third-order valence-electron chi connectivity index (χ3n) is 2.34. The van der Waals surface area contributed by atoms with Crippen LogP contribution in [0.15, 0.2) is 30.5 Å². The molecule has 2 rings (SSSR count). The van der Waals surface area contributed by atoms with Crippen LogP contribution >= 0.6 is 22.6 Å². The molecule has 0 fully saturated rings. The molecule has 1 heterocycles. The minimum atomic E-state index is 1.04. The van der Waals surface area contributed by atoms with E-state index in [1.54, 1.807) is 0 Å². The molecular weight excluding hydrogens is 287 g/mol. The van der Waals surface area contributed by atoms with E-state index in [0.717, 1.165) is 6.42 Å². The van der Waals surface area contributed by atoms with Crippen molar-refractivity contribution in [1.29, 1.82) is 0 Å². The second-order valence-electron chi connectivity index (χ2n) is 3.52. The summed E-state index contributed by atoms with van der Waals surface area (Å²) in [5.74, 6) is 0. The van der Waals surface area contributed by atoms with E-state index < -0.39 is 0 Å². The fourth-order valence-electron chi connectivity index (χ4n) is 1.66. The molecule has 0 unspecified atom stereocenters. The molecule has 1 aliphatic rings. The Balaban J connectivity index is 2.49. The lowest BCUT2D eigenvalue weighted by molar-refractivity contribution is 0.410. The highest BCUT2D eigenvalue weighted by atomic mass is 127. The molecule has 14 heavy (non-hydrogen) atoms. The first-order chi connectivity index (χ1) is 6.70. The van der Waals surface area contributed by atoms with Crippen LogP contribution in [-0.2, 0) is 6.42 Å². The summed E-state index contributed by atoms with van der Waals surface area (Å²) in [4.78, 5) is 0. The van der Waals surface area contributed by atoms with Crippen LogP contribution in [-0.4, -0.2) is 19.1 Å². The average molecular weight is 300 g/mol. The monoisotopic (exact) mass is 300 g/mol. The van der Waals surface area contributed by atoms with Crippen molar-refractivity contribution < 1.29 is 0 Å². The Kier molecular flexibility index (Phi) is 2.78. The van der Waals surface area contributed by atoms with Gasteiger partial charge in [-0.05, 0) is 46.7 Å². The summed E-state index contributed by atoms with van der Waals surface area (Å²) in [6, 6.07) is 6.43. The molecule has 3 heteroatoms. The zero-order valence-corrected chi connectivity index (χ0v) is 10.5. The van der Waals surface area contributed by atoms with E-state index >= 15 is 0 Å². The summed E-state index contributed by atoms with van der Waals surface area (Å²) in [5.41, 5.74) is 2.72. The van der Waals surface area contributed by atoms with E-state index in [1.165, 1.54) is 14.8 Å². The molecule has 0 atom stereocenters. The number of nitrogens with zero attached hydrogens (tertiary/aromatic N) is 2. The minimum absolute atomic E-state index is 1.04. The average Bonchev–Trinajstić information content (AvgIpc) is 2.17. The molecule has 0 bridgehead atoms.